The molecule has 5 aliphatic heterocycles. The summed E-state index contributed by atoms with van der Waals surface area (Å²) in [5.74, 6) is 1.66. The first-order valence-electron chi connectivity index (χ1n) is 24.8. The highest BCUT2D eigenvalue weighted by molar-refractivity contribution is 5.86. The van der Waals surface area contributed by atoms with Crippen LogP contribution in [0.25, 0.3) is 0 Å². The predicted octanol–water partition coefficient (Wildman–Crippen LogP) is 2.31. The first-order valence-corrected chi connectivity index (χ1v) is 24.8. The predicted molar refractivity (Wildman–Crippen MR) is 230 cm³/mol. The van der Waals surface area contributed by atoms with Gasteiger partial charge in [-0.15, -0.1) is 0 Å². The SMILES string of the molecule is C[C@@H]1CC[C@@]2(OC1)OC1CC3C4CC=C5C[C@@H](O[C@@H]6O[C@H](CO)[C@@H](O[C@H]7O[C@@H](COC(=O)c8ccco8)[C@H](O)[C@H]7O)[C@H](O)[C@H]6O[C@H]6O[C@@H](C)[C@H](O)[C@@H](O)[C@H]6O)CC[C@]5(C)C4CC[C@]3(C)C1[C@@H]2C. The van der Waals surface area contributed by atoms with Crippen LogP contribution in [0.15, 0.2) is 34.5 Å². The van der Waals surface area contributed by atoms with Crippen molar-refractivity contribution in [3.8, 4) is 0 Å². The molecule has 67 heavy (non-hydrogen) atoms. The zero-order chi connectivity index (χ0) is 47.3. The lowest BCUT2D eigenvalue weighted by molar-refractivity contribution is -0.380. The zero-order valence-corrected chi connectivity index (χ0v) is 39.1. The minimum atomic E-state index is -1.73. The summed E-state index contributed by atoms with van der Waals surface area (Å²) in [6, 6.07) is 2.91. The molecule has 1 aromatic rings. The van der Waals surface area contributed by atoms with Gasteiger partial charge in [-0.25, -0.2) is 4.79 Å². The molecule has 0 amide bonds. The van der Waals surface area contributed by atoms with Crippen LogP contribution >= 0.6 is 0 Å². The minimum Gasteiger partial charge on any atom is -0.457 e. The number of ether oxygens (including phenoxy) is 9. The minimum absolute atomic E-state index is 0.0394. The summed E-state index contributed by atoms with van der Waals surface area (Å²) in [6.45, 7) is 10.7. The standard InChI is InChI=1S/C49H72O18/c1-22-10-15-49(60-20-22)23(2)34-31(67-49)18-29-27-9-8-25-17-26(11-13-47(25,4)28(27)12-14-48(29,34)5)62-46-42(66-44-39(55)37(53)35(51)24(3)61-44)40(56)41(32(19-50)63-46)65-45-38(54)36(52)33(64-45)21-59-43(57)30-7-6-16-58-30/h6-8,16,22-24,26-29,31-42,44-46,50-56H,9-15,17-21H2,1-5H3/t22-,23+,24+,26+,27?,28?,29?,31?,32-,33+,34?,35+,36+,37-,38-,39-,40+,41-,42-,44-,45-,46-,47+,48+,49-/m1/s1. The molecule has 3 saturated carbocycles. The topological polar surface area (TPSA) is 255 Å². The summed E-state index contributed by atoms with van der Waals surface area (Å²) >= 11 is 0. The summed E-state index contributed by atoms with van der Waals surface area (Å²) in [5, 5.41) is 76.7. The summed E-state index contributed by atoms with van der Waals surface area (Å²) in [5.41, 5.74) is 1.48. The molecule has 1 spiro atoms. The van der Waals surface area contributed by atoms with Crippen molar-refractivity contribution in [3.63, 3.8) is 0 Å². The van der Waals surface area contributed by atoms with Crippen molar-refractivity contribution < 1.29 is 87.6 Å². The number of carbonyl (C=O) groups is 1. The van der Waals surface area contributed by atoms with E-state index in [-0.39, 0.29) is 28.8 Å². The second-order valence-corrected chi connectivity index (χ2v) is 22.0. The number of carbonyl (C=O) groups excluding carboxylic acids is 1. The van der Waals surface area contributed by atoms with E-state index < -0.39 is 111 Å². The van der Waals surface area contributed by atoms with Crippen molar-refractivity contribution in [3.05, 3.63) is 35.8 Å². The average Bonchev–Trinajstić information content (AvgIpc) is 4.08. The number of hydrogen-bond donors (Lipinski definition) is 7. The van der Waals surface area contributed by atoms with Crippen molar-refractivity contribution in [2.45, 2.75) is 196 Å². The molecule has 6 heterocycles. The van der Waals surface area contributed by atoms with Crippen LogP contribution < -0.4 is 0 Å². The van der Waals surface area contributed by atoms with Crippen molar-refractivity contribution in [2.24, 2.45) is 46.3 Å². The lowest BCUT2D eigenvalue weighted by Gasteiger charge is -2.58. The van der Waals surface area contributed by atoms with E-state index >= 15 is 0 Å². The number of rotatable bonds is 10. The van der Waals surface area contributed by atoms with Crippen LogP contribution in [0.5, 0.6) is 0 Å². The summed E-state index contributed by atoms with van der Waals surface area (Å²) in [4.78, 5) is 12.4. The molecule has 0 aromatic carbocycles. The van der Waals surface area contributed by atoms with Crippen molar-refractivity contribution >= 4 is 5.97 Å². The van der Waals surface area contributed by atoms with Gasteiger partial charge in [0.05, 0.1) is 37.8 Å². The van der Waals surface area contributed by atoms with Crippen LogP contribution in [0, 0.1) is 46.3 Å². The van der Waals surface area contributed by atoms with E-state index in [1.165, 1.54) is 30.9 Å². The van der Waals surface area contributed by atoms with E-state index in [0.717, 1.165) is 51.6 Å². The third kappa shape index (κ3) is 8.28. The fourth-order valence-corrected chi connectivity index (χ4v) is 14.4. The Kier molecular flexibility index (Phi) is 13.4. The number of hydrogen-bond acceptors (Lipinski definition) is 18. The number of aliphatic hydroxyl groups is 7. The average molecular weight is 949 g/mol. The Bertz CT molecular complexity index is 1920. The molecular formula is C49H72O18. The van der Waals surface area contributed by atoms with Gasteiger partial charge in [0.2, 0.25) is 5.76 Å². The normalized spacial score (nSPS) is 52.8. The van der Waals surface area contributed by atoms with Gasteiger partial charge >= 0.3 is 5.97 Å². The van der Waals surface area contributed by atoms with Crippen LogP contribution in [0.2, 0.25) is 0 Å². The Hall–Kier alpha value is -2.11. The number of aliphatic hydroxyl groups excluding tert-OH is 7. The van der Waals surface area contributed by atoms with E-state index in [1.54, 1.807) is 0 Å². The molecule has 4 aliphatic carbocycles. The molecule has 18 heteroatoms. The third-order valence-electron chi connectivity index (χ3n) is 18.3. The third-order valence-corrected chi connectivity index (χ3v) is 18.3. The first-order chi connectivity index (χ1) is 32.0. The maximum atomic E-state index is 12.4. The fraction of sp³-hybridized carbons (Fsp3) is 0.857. The van der Waals surface area contributed by atoms with E-state index in [1.807, 2.05) is 0 Å². The molecule has 0 radical (unpaired) electrons. The van der Waals surface area contributed by atoms with Gasteiger partial charge in [-0.2, -0.15) is 0 Å². The lowest BCUT2D eigenvalue weighted by Crippen LogP contribution is -2.65. The van der Waals surface area contributed by atoms with Crippen molar-refractivity contribution in [2.75, 3.05) is 19.8 Å². The largest absolute Gasteiger partial charge is 0.457 e. The van der Waals surface area contributed by atoms with E-state index in [0.29, 0.717) is 48.3 Å². The van der Waals surface area contributed by atoms with Gasteiger partial charge in [0.15, 0.2) is 24.7 Å². The maximum Gasteiger partial charge on any atom is 0.374 e. The Morgan fingerprint density at radius 3 is 2.27 bits per heavy atom. The molecule has 9 aliphatic rings. The molecule has 5 unspecified atom stereocenters. The monoisotopic (exact) mass is 948 g/mol. The Morgan fingerprint density at radius 1 is 0.791 bits per heavy atom. The molecule has 25 atom stereocenters. The van der Waals surface area contributed by atoms with E-state index in [4.69, 9.17) is 47.0 Å². The molecule has 5 saturated heterocycles. The number of fused-ring (bicyclic) bond motifs is 7. The van der Waals surface area contributed by atoms with Gasteiger partial charge in [0, 0.05) is 12.3 Å². The molecule has 0 bridgehead atoms. The van der Waals surface area contributed by atoms with Crippen LogP contribution in [0.3, 0.4) is 0 Å². The van der Waals surface area contributed by atoms with Crippen LogP contribution in [-0.2, 0) is 42.6 Å². The highest BCUT2D eigenvalue weighted by Gasteiger charge is 2.69. The van der Waals surface area contributed by atoms with Crippen LogP contribution in [0.1, 0.15) is 103 Å². The smallest absolute Gasteiger partial charge is 0.374 e. The van der Waals surface area contributed by atoms with Gasteiger partial charge in [-0.05, 0) is 111 Å². The van der Waals surface area contributed by atoms with Gasteiger partial charge in [-0.1, -0.05) is 39.3 Å². The molecule has 1 aromatic heterocycles. The first kappa shape index (κ1) is 48.5. The maximum absolute atomic E-state index is 12.4. The summed E-state index contributed by atoms with van der Waals surface area (Å²) in [6.07, 6.45) is -8.51. The van der Waals surface area contributed by atoms with Gasteiger partial charge < -0.3 is 82.8 Å². The van der Waals surface area contributed by atoms with Crippen molar-refractivity contribution in [1.82, 2.24) is 0 Å². The highest BCUT2D eigenvalue weighted by Crippen LogP contribution is 2.70. The number of furan rings is 1. The summed E-state index contributed by atoms with van der Waals surface area (Å²) < 4.78 is 60.7. The van der Waals surface area contributed by atoms with Gasteiger partial charge in [-0.3, -0.25) is 0 Å². The second kappa shape index (κ2) is 18.5. The lowest BCUT2D eigenvalue weighted by atomic mass is 9.47. The van der Waals surface area contributed by atoms with Gasteiger partial charge in [0.1, 0.15) is 67.6 Å². The summed E-state index contributed by atoms with van der Waals surface area (Å²) in [7, 11) is 0. The zero-order valence-electron chi connectivity index (χ0n) is 39.1. The quantitative estimate of drug-likeness (QED) is 0.131. The molecule has 10 rings (SSSR count). The van der Waals surface area contributed by atoms with E-state index in [9.17, 15) is 40.5 Å². The number of esters is 1. The fourth-order valence-electron chi connectivity index (χ4n) is 14.4. The molecule has 376 valence electrons. The number of allylic oxidation sites excluding steroid dienone is 1. The molecular weight excluding hydrogens is 877 g/mol. The van der Waals surface area contributed by atoms with Crippen LogP contribution in [0.4, 0.5) is 0 Å². The Morgan fingerprint density at radius 2 is 1.54 bits per heavy atom. The molecule has 7 N–H and O–H groups in total. The Balaban J connectivity index is 0.835. The highest BCUT2D eigenvalue weighted by atomic mass is 16.8. The van der Waals surface area contributed by atoms with Crippen molar-refractivity contribution in [1.29, 1.82) is 0 Å². The van der Waals surface area contributed by atoms with Crippen LogP contribution in [-0.4, -0.2) is 166 Å². The molecule has 18 nitrogen and oxygen atoms in total. The van der Waals surface area contributed by atoms with Gasteiger partial charge in [0.25, 0.3) is 0 Å². The molecule has 8 fully saturated rings. The second-order valence-electron chi connectivity index (χ2n) is 22.0. The van der Waals surface area contributed by atoms with E-state index in [2.05, 4.69) is 33.8 Å². The Labute approximate surface area is 391 Å².